The number of nitrogens with one attached hydrogen (secondary N) is 1. The normalized spacial score (nSPS) is 14.0. The molecular weight excluding hydrogens is 444 g/mol. The molecule has 35 heavy (non-hydrogen) atoms. The van der Waals surface area contributed by atoms with Crippen molar-refractivity contribution < 1.29 is 13.6 Å². The van der Waals surface area contributed by atoms with Gasteiger partial charge < -0.3 is 10.2 Å². The third kappa shape index (κ3) is 5.68. The van der Waals surface area contributed by atoms with Crippen LogP contribution in [0.5, 0.6) is 0 Å². The zero-order valence-electron chi connectivity index (χ0n) is 20.1. The van der Waals surface area contributed by atoms with E-state index in [1.807, 2.05) is 38.1 Å². The minimum Gasteiger partial charge on any atom is -0.370 e. The van der Waals surface area contributed by atoms with E-state index in [-0.39, 0.29) is 5.91 Å². The number of nitrogens with zero attached hydrogens (tertiary/aromatic N) is 2. The Labute approximate surface area is 205 Å². The molecule has 1 amide bonds. The van der Waals surface area contributed by atoms with Crippen molar-refractivity contribution in [2.24, 2.45) is 5.92 Å². The molecule has 6 heteroatoms. The van der Waals surface area contributed by atoms with E-state index < -0.39 is 11.6 Å². The number of anilines is 2. The van der Waals surface area contributed by atoms with Crippen LogP contribution in [0.2, 0.25) is 0 Å². The van der Waals surface area contributed by atoms with Gasteiger partial charge in [0.15, 0.2) is 0 Å². The number of piperidine rings is 1. The van der Waals surface area contributed by atoms with Gasteiger partial charge in [-0.3, -0.25) is 4.79 Å². The largest absolute Gasteiger partial charge is 0.370 e. The first-order chi connectivity index (χ1) is 16.9. The number of amides is 1. The van der Waals surface area contributed by atoms with E-state index >= 15 is 0 Å². The van der Waals surface area contributed by atoms with E-state index in [1.54, 1.807) is 12.1 Å². The molecule has 3 aromatic rings. The first kappa shape index (κ1) is 24.4. The molecule has 180 valence electrons. The molecule has 1 N–H and O–H groups in total. The quantitative estimate of drug-likeness (QED) is 0.450. The van der Waals surface area contributed by atoms with E-state index in [1.165, 1.54) is 12.1 Å². The zero-order chi connectivity index (χ0) is 24.9. The predicted molar refractivity (Wildman–Crippen MR) is 135 cm³/mol. The Morgan fingerprint density at radius 2 is 1.83 bits per heavy atom. The number of carbonyl (C=O) groups is 1. The summed E-state index contributed by atoms with van der Waals surface area (Å²) in [6.07, 6.45) is 3.02. The predicted octanol–water partition coefficient (Wildman–Crippen LogP) is 6.42. The Balaban J connectivity index is 1.50. The van der Waals surface area contributed by atoms with Gasteiger partial charge >= 0.3 is 0 Å². The summed E-state index contributed by atoms with van der Waals surface area (Å²) in [5, 5.41) is 12.5. The van der Waals surface area contributed by atoms with E-state index in [2.05, 4.69) is 16.3 Å². The van der Waals surface area contributed by atoms with Gasteiger partial charge in [0, 0.05) is 24.7 Å². The number of rotatable bonds is 6. The fourth-order valence-corrected chi connectivity index (χ4v) is 4.78. The minimum absolute atomic E-state index is 0.195. The van der Waals surface area contributed by atoms with Crippen LogP contribution in [0.4, 0.5) is 20.2 Å². The summed E-state index contributed by atoms with van der Waals surface area (Å²) in [6.45, 7) is 5.51. The van der Waals surface area contributed by atoms with Crippen LogP contribution in [0.15, 0.2) is 54.6 Å². The van der Waals surface area contributed by atoms with Crippen molar-refractivity contribution >= 4 is 17.3 Å². The molecule has 0 unspecified atom stereocenters. The number of hydrogen-bond donors (Lipinski definition) is 1. The molecule has 0 saturated carbocycles. The molecule has 3 aromatic carbocycles. The highest BCUT2D eigenvalue weighted by Crippen LogP contribution is 2.33. The van der Waals surface area contributed by atoms with Crippen molar-refractivity contribution in [3.63, 3.8) is 0 Å². The maximum absolute atomic E-state index is 14.1. The average Bonchev–Trinajstić information content (AvgIpc) is 2.86. The standard InChI is InChI=1S/C29H29F2N3O/c1-3-22-14-19(2)4-8-25(22)29(35)33-27-16-21(18-32)5-9-28(27)34-12-10-20(11-13-34)15-23-6-7-24(30)17-26(23)31/h4-9,14,16-17,20H,3,10-13,15H2,1-2H3,(H,33,35). The highest BCUT2D eigenvalue weighted by atomic mass is 19.1. The lowest BCUT2D eigenvalue weighted by Crippen LogP contribution is -2.35. The lowest BCUT2D eigenvalue weighted by molar-refractivity contribution is 0.102. The van der Waals surface area contributed by atoms with Crippen molar-refractivity contribution in [1.82, 2.24) is 0 Å². The van der Waals surface area contributed by atoms with Gasteiger partial charge in [0.2, 0.25) is 0 Å². The van der Waals surface area contributed by atoms with Crippen LogP contribution in [0, 0.1) is 35.8 Å². The number of carbonyl (C=O) groups excluding carboxylic acids is 1. The first-order valence-corrected chi connectivity index (χ1v) is 12.0. The smallest absolute Gasteiger partial charge is 0.255 e. The Morgan fingerprint density at radius 3 is 2.51 bits per heavy atom. The van der Waals surface area contributed by atoms with Gasteiger partial charge in [-0.25, -0.2) is 8.78 Å². The van der Waals surface area contributed by atoms with Crippen molar-refractivity contribution in [3.8, 4) is 6.07 Å². The van der Waals surface area contributed by atoms with Gasteiger partial charge in [-0.05, 0) is 80.0 Å². The first-order valence-electron chi connectivity index (χ1n) is 12.0. The Morgan fingerprint density at radius 1 is 1.06 bits per heavy atom. The van der Waals surface area contributed by atoms with Crippen molar-refractivity contribution in [2.75, 3.05) is 23.3 Å². The summed E-state index contributed by atoms with van der Waals surface area (Å²) in [7, 11) is 0. The maximum Gasteiger partial charge on any atom is 0.255 e. The Hall–Kier alpha value is -3.72. The van der Waals surface area contributed by atoms with Gasteiger partial charge in [-0.1, -0.05) is 30.7 Å². The summed E-state index contributed by atoms with van der Waals surface area (Å²) in [6, 6.07) is 17.1. The average molecular weight is 474 g/mol. The molecule has 1 fully saturated rings. The Kier molecular flexibility index (Phi) is 7.45. The topological polar surface area (TPSA) is 56.1 Å². The second kappa shape index (κ2) is 10.7. The van der Waals surface area contributed by atoms with Crippen molar-refractivity contribution in [3.05, 3.63) is 94.0 Å². The second-order valence-electron chi connectivity index (χ2n) is 9.18. The highest BCUT2D eigenvalue weighted by molar-refractivity contribution is 6.07. The molecule has 1 aliphatic rings. The van der Waals surface area contributed by atoms with E-state index in [4.69, 9.17) is 0 Å². The minimum atomic E-state index is -0.562. The molecule has 4 rings (SSSR count). The van der Waals surface area contributed by atoms with Gasteiger partial charge in [-0.2, -0.15) is 5.26 Å². The maximum atomic E-state index is 14.1. The van der Waals surface area contributed by atoms with Gasteiger partial charge in [0.25, 0.3) is 5.91 Å². The zero-order valence-corrected chi connectivity index (χ0v) is 20.1. The van der Waals surface area contributed by atoms with Gasteiger partial charge in [-0.15, -0.1) is 0 Å². The summed E-state index contributed by atoms with van der Waals surface area (Å²) in [4.78, 5) is 15.4. The van der Waals surface area contributed by atoms with Crippen LogP contribution in [0.25, 0.3) is 0 Å². The van der Waals surface area contributed by atoms with E-state index in [0.717, 1.165) is 55.2 Å². The molecule has 0 atom stereocenters. The summed E-state index contributed by atoms with van der Waals surface area (Å²) < 4.78 is 27.3. The SMILES string of the molecule is CCc1cc(C)ccc1C(=O)Nc1cc(C#N)ccc1N1CCC(Cc2ccc(F)cc2F)CC1. The van der Waals surface area contributed by atoms with Crippen LogP contribution in [0.3, 0.4) is 0 Å². The summed E-state index contributed by atoms with van der Waals surface area (Å²) >= 11 is 0. The Bertz CT molecular complexity index is 1270. The molecule has 1 aliphatic heterocycles. The van der Waals surface area contributed by atoms with E-state index in [0.29, 0.717) is 34.7 Å². The molecule has 0 spiro atoms. The summed E-state index contributed by atoms with van der Waals surface area (Å²) in [5.41, 5.74) is 5.22. The molecule has 0 aromatic heterocycles. The summed E-state index contributed by atoms with van der Waals surface area (Å²) in [5.74, 6) is -0.956. The second-order valence-corrected chi connectivity index (χ2v) is 9.18. The lowest BCUT2D eigenvalue weighted by atomic mass is 9.89. The fraction of sp³-hybridized carbons (Fsp3) is 0.310. The molecular formula is C29H29F2N3O. The van der Waals surface area contributed by atoms with Crippen LogP contribution >= 0.6 is 0 Å². The van der Waals surface area contributed by atoms with Crippen LogP contribution in [-0.4, -0.2) is 19.0 Å². The molecule has 0 aliphatic carbocycles. The van der Waals surface area contributed by atoms with Gasteiger partial charge in [0.1, 0.15) is 11.6 Å². The van der Waals surface area contributed by atoms with E-state index in [9.17, 15) is 18.8 Å². The lowest BCUT2D eigenvalue weighted by Gasteiger charge is -2.35. The molecule has 0 radical (unpaired) electrons. The van der Waals surface area contributed by atoms with Crippen molar-refractivity contribution in [1.29, 1.82) is 5.26 Å². The monoisotopic (exact) mass is 473 g/mol. The molecule has 1 saturated heterocycles. The third-order valence-corrected chi connectivity index (χ3v) is 6.74. The number of halogens is 2. The number of nitriles is 1. The van der Waals surface area contributed by atoms with Crippen molar-refractivity contribution in [2.45, 2.75) is 39.5 Å². The van der Waals surface area contributed by atoms with Crippen LogP contribution < -0.4 is 10.2 Å². The molecule has 0 bridgehead atoms. The third-order valence-electron chi connectivity index (χ3n) is 6.74. The van der Waals surface area contributed by atoms with Gasteiger partial charge in [0.05, 0.1) is 23.0 Å². The number of aryl methyl sites for hydroxylation is 2. The number of benzene rings is 3. The van der Waals surface area contributed by atoms with Crippen LogP contribution in [-0.2, 0) is 12.8 Å². The van der Waals surface area contributed by atoms with Crippen LogP contribution in [0.1, 0.15) is 52.4 Å². The molecule has 4 nitrogen and oxygen atoms in total. The highest BCUT2D eigenvalue weighted by Gasteiger charge is 2.23. The molecule has 1 heterocycles. The fourth-order valence-electron chi connectivity index (χ4n) is 4.78. The number of hydrogen-bond acceptors (Lipinski definition) is 3.